The minimum absolute atomic E-state index is 0.0178. The molecule has 0 saturated heterocycles. The van der Waals surface area contributed by atoms with Crippen LogP contribution in [0.2, 0.25) is 0 Å². The summed E-state index contributed by atoms with van der Waals surface area (Å²) < 4.78 is 10.6. The first kappa shape index (κ1) is 18.1. The van der Waals surface area contributed by atoms with Gasteiger partial charge in [-0.2, -0.15) is 0 Å². The van der Waals surface area contributed by atoms with E-state index < -0.39 is 16.7 Å². The average molecular weight is 343 g/mol. The van der Waals surface area contributed by atoms with Crippen LogP contribution in [-0.4, -0.2) is 23.3 Å². The summed E-state index contributed by atoms with van der Waals surface area (Å²) in [6.45, 7) is 3.27. The van der Waals surface area contributed by atoms with Crippen LogP contribution in [0, 0.1) is 10.1 Å². The summed E-state index contributed by atoms with van der Waals surface area (Å²) in [6, 6.07) is 10.8. The lowest BCUT2D eigenvalue weighted by atomic mass is 10.1. The third kappa shape index (κ3) is 4.41. The number of hydrogen-bond donors (Lipinski definition) is 0. The highest BCUT2D eigenvalue weighted by atomic mass is 16.6. The molecule has 2 aromatic carbocycles. The third-order valence-corrected chi connectivity index (χ3v) is 3.45. The van der Waals surface area contributed by atoms with Gasteiger partial charge in [0.25, 0.3) is 5.69 Å². The first-order valence-corrected chi connectivity index (χ1v) is 7.61. The Morgan fingerprint density at radius 1 is 1.12 bits per heavy atom. The van der Waals surface area contributed by atoms with Gasteiger partial charge in [0.1, 0.15) is 12.4 Å². The Morgan fingerprint density at radius 3 is 2.48 bits per heavy atom. The minimum Gasteiger partial charge on any atom is -0.489 e. The van der Waals surface area contributed by atoms with Crippen molar-refractivity contribution in [1.29, 1.82) is 0 Å². The second kappa shape index (κ2) is 8.05. The second-order valence-electron chi connectivity index (χ2n) is 5.16. The third-order valence-electron chi connectivity index (χ3n) is 3.45. The Balaban J connectivity index is 2.22. The van der Waals surface area contributed by atoms with E-state index in [1.54, 1.807) is 31.2 Å². The van der Waals surface area contributed by atoms with E-state index >= 15 is 0 Å². The second-order valence-corrected chi connectivity index (χ2v) is 5.16. The fourth-order valence-electron chi connectivity index (χ4n) is 2.27. The van der Waals surface area contributed by atoms with E-state index in [-0.39, 0.29) is 30.2 Å². The van der Waals surface area contributed by atoms with Gasteiger partial charge in [-0.1, -0.05) is 18.2 Å². The molecule has 0 aliphatic carbocycles. The smallest absolute Gasteiger partial charge is 0.338 e. The molecular formula is C18H17NO6. The van der Waals surface area contributed by atoms with Crippen LogP contribution in [0.1, 0.15) is 40.1 Å². The summed E-state index contributed by atoms with van der Waals surface area (Å²) in [4.78, 5) is 33.9. The number of nitro benzene ring substituents is 1. The number of carbonyl (C=O) groups excluding carboxylic acids is 2. The zero-order valence-corrected chi connectivity index (χ0v) is 13.9. The van der Waals surface area contributed by atoms with Crippen LogP contribution in [-0.2, 0) is 11.3 Å². The molecule has 0 N–H and O–H groups in total. The molecular weight excluding hydrogens is 326 g/mol. The predicted octanol–water partition coefficient (Wildman–Crippen LogP) is 3.55. The number of hydrogen-bond acceptors (Lipinski definition) is 6. The maximum Gasteiger partial charge on any atom is 0.338 e. The van der Waals surface area contributed by atoms with E-state index in [0.717, 1.165) is 0 Å². The van der Waals surface area contributed by atoms with Crippen LogP contribution < -0.4 is 4.74 Å². The molecule has 7 heteroatoms. The van der Waals surface area contributed by atoms with Gasteiger partial charge in [0.2, 0.25) is 0 Å². The minimum atomic E-state index is -0.629. The van der Waals surface area contributed by atoms with Crippen molar-refractivity contribution >= 4 is 17.4 Å². The standard InChI is InChI=1S/C18H17NO6/c1-3-24-18(21)16-7-5-4-6-13(16)11-25-14-8-9-15(12(2)20)17(10-14)19(22)23/h4-10H,3,11H2,1-2H3. The van der Waals surface area contributed by atoms with Crippen molar-refractivity contribution in [1.82, 2.24) is 0 Å². The lowest BCUT2D eigenvalue weighted by molar-refractivity contribution is -0.385. The van der Waals surface area contributed by atoms with E-state index in [4.69, 9.17) is 9.47 Å². The summed E-state index contributed by atoms with van der Waals surface area (Å²) in [6.07, 6.45) is 0. The lowest BCUT2D eigenvalue weighted by Crippen LogP contribution is -2.10. The zero-order valence-electron chi connectivity index (χ0n) is 13.9. The Bertz CT molecular complexity index is 815. The maximum atomic E-state index is 11.9. The zero-order chi connectivity index (χ0) is 18.4. The summed E-state index contributed by atoms with van der Waals surface area (Å²) >= 11 is 0. The van der Waals surface area contributed by atoms with Gasteiger partial charge in [-0.25, -0.2) is 4.79 Å². The molecule has 25 heavy (non-hydrogen) atoms. The van der Waals surface area contributed by atoms with Crippen molar-refractivity contribution in [3.8, 4) is 5.75 Å². The van der Waals surface area contributed by atoms with Crippen molar-refractivity contribution in [2.45, 2.75) is 20.5 Å². The molecule has 0 atom stereocenters. The largest absolute Gasteiger partial charge is 0.489 e. The number of carbonyl (C=O) groups is 2. The molecule has 0 aliphatic rings. The van der Waals surface area contributed by atoms with Gasteiger partial charge in [0.15, 0.2) is 5.78 Å². The molecule has 0 unspecified atom stereocenters. The van der Waals surface area contributed by atoms with E-state index in [9.17, 15) is 19.7 Å². The number of Topliss-reactive ketones (excluding diaryl/α,β-unsaturated/α-hetero) is 1. The first-order valence-electron chi connectivity index (χ1n) is 7.61. The summed E-state index contributed by atoms with van der Waals surface area (Å²) in [5, 5.41) is 11.1. The first-order chi connectivity index (χ1) is 11.9. The predicted molar refractivity (Wildman–Crippen MR) is 89.8 cm³/mol. The number of esters is 1. The SMILES string of the molecule is CCOC(=O)c1ccccc1COc1ccc(C(C)=O)c([N+](=O)[O-])c1. The van der Waals surface area contributed by atoms with Gasteiger partial charge in [0, 0.05) is 5.56 Å². The van der Waals surface area contributed by atoms with Crippen LogP contribution in [0.5, 0.6) is 5.75 Å². The van der Waals surface area contributed by atoms with Gasteiger partial charge in [-0.3, -0.25) is 14.9 Å². The van der Waals surface area contributed by atoms with Crippen LogP contribution in [0.3, 0.4) is 0 Å². The van der Waals surface area contributed by atoms with Gasteiger partial charge >= 0.3 is 5.97 Å². The highest BCUT2D eigenvalue weighted by Gasteiger charge is 2.19. The summed E-state index contributed by atoms with van der Waals surface area (Å²) in [5.74, 6) is -0.624. The Morgan fingerprint density at radius 2 is 1.84 bits per heavy atom. The molecule has 0 amide bonds. The van der Waals surface area contributed by atoms with E-state index in [0.29, 0.717) is 11.1 Å². The van der Waals surface area contributed by atoms with Gasteiger partial charge in [0.05, 0.1) is 28.7 Å². The number of ether oxygens (including phenoxy) is 2. The molecule has 0 spiro atoms. The molecule has 0 radical (unpaired) electrons. The molecule has 0 saturated carbocycles. The molecule has 2 rings (SSSR count). The fourth-order valence-corrected chi connectivity index (χ4v) is 2.27. The number of rotatable bonds is 7. The van der Waals surface area contributed by atoms with Crippen molar-refractivity contribution in [3.05, 3.63) is 69.3 Å². The molecule has 0 aromatic heterocycles. The van der Waals surface area contributed by atoms with E-state index in [2.05, 4.69) is 0 Å². The molecule has 7 nitrogen and oxygen atoms in total. The highest BCUT2D eigenvalue weighted by Crippen LogP contribution is 2.26. The Kier molecular flexibility index (Phi) is 5.84. The van der Waals surface area contributed by atoms with Crippen molar-refractivity contribution < 1.29 is 24.0 Å². The molecule has 0 heterocycles. The molecule has 0 fully saturated rings. The monoisotopic (exact) mass is 343 g/mol. The summed E-state index contributed by atoms with van der Waals surface area (Å²) in [7, 11) is 0. The molecule has 0 bridgehead atoms. The molecule has 130 valence electrons. The average Bonchev–Trinajstić information content (AvgIpc) is 2.60. The molecule has 0 aliphatic heterocycles. The van der Waals surface area contributed by atoms with Crippen LogP contribution in [0.25, 0.3) is 0 Å². The number of benzene rings is 2. The summed E-state index contributed by atoms with van der Waals surface area (Å²) in [5.41, 5.74) is 0.673. The normalized spacial score (nSPS) is 10.2. The van der Waals surface area contributed by atoms with Crippen LogP contribution in [0.15, 0.2) is 42.5 Å². The number of ketones is 1. The van der Waals surface area contributed by atoms with E-state index in [1.807, 2.05) is 0 Å². The Labute approximate surface area is 144 Å². The number of nitrogens with zero attached hydrogens (tertiary/aromatic N) is 1. The van der Waals surface area contributed by atoms with Crippen molar-refractivity contribution in [3.63, 3.8) is 0 Å². The van der Waals surface area contributed by atoms with Crippen LogP contribution in [0.4, 0.5) is 5.69 Å². The Hall–Kier alpha value is -3.22. The van der Waals surface area contributed by atoms with Gasteiger partial charge in [-0.05, 0) is 32.0 Å². The molecule has 2 aromatic rings. The lowest BCUT2D eigenvalue weighted by Gasteiger charge is -2.11. The quantitative estimate of drug-likeness (QED) is 0.330. The van der Waals surface area contributed by atoms with Gasteiger partial charge in [-0.15, -0.1) is 0 Å². The van der Waals surface area contributed by atoms with Crippen molar-refractivity contribution in [2.75, 3.05) is 6.61 Å². The van der Waals surface area contributed by atoms with Crippen molar-refractivity contribution in [2.24, 2.45) is 0 Å². The highest BCUT2D eigenvalue weighted by molar-refractivity contribution is 5.98. The van der Waals surface area contributed by atoms with Gasteiger partial charge < -0.3 is 9.47 Å². The maximum absolute atomic E-state index is 11.9. The number of nitro groups is 1. The van der Waals surface area contributed by atoms with Crippen LogP contribution >= 0.6 is 0 Å². The topological polar surface area (TPSA) is 95.7 Å². The fraction of sp³-hybridized carbons (Fsp3) is 0.222. The van der Waals surface area contributed by atoms with E-state index in [1.165, 1.54) is 25.1 Å².